The third-order valence-corrected chi connectivity index (χ3v) is 5.61. The quantitative estimate of drug-likeness (QED) is 0.743. The molecule has 25 heavy (non-hydrogen) atoms. The standard InChI is InChI=1S/C20H31N3O2/c24-15-18-9-3-4-10-19(18)22-20(25)21-13-16-7-1-2-8-17(16)14-23-11-5-6-12-23/h1-2,7-8,18-19,24H,3-6,9-15H2,(H2,21,22,25)/t18-,19+/m0/s1. The topological polar surface area (TPSA) is 64.6 Å². The predicted molar refractivity (Wildman–Crippen MR) is 99.2 cm³/mol. The summed E-state index contributed by atoms with van der Waals surface area (Å²) in [6.07, 6.45) is 6.81. The van der Waals surface area contributed by atoms with Crippen molar-refractivity contribution >= 4 is 6.03 Å². The van der Waals surface area contributed by atoms with Crippen molar-refractivity contribution in [3.8, 4) is 0 Å². The zero-order chi connectivity index (χ0) is 17.5. The molecular weight excluding hydrogens is 314 g/mol. The lowest BCUT2D eigenvalue weighted by Gasteiger charge is -2.30. The molecule has 1 aromatic rings. The second-order valence-electron chi connectivity index (χ2n) is 7.41. The van der Waals surface area contributed by atoms with Gasteiger partial charge in [-0.3, -0.25) is 4.90 Å². The molecule has 1 aliphatic carbocycles. The van der Waals surface area contributed by atoms with Crippen molar-refractivity contribution in [2.75, 3.05) is 19.7 Å². The highest BCUT2D eigenvalue weighted by molar-refractivity contribution is 5.74. The molecule has 2 atom stereocenters. The van der Waals surface area contributed by atoms with Crippen molar-refractivity contribution in [3.63, 3.8) is 0 Å². The number of likely N-dealkylation sites (tertiary alicyclic amines) is 1. The fourth-order valence-electron chi connectivity index (χ4n) is 4.08. The summed E-state index contributed by atoms with van der Waals surface area (Å²) in [6, 6.07) is 8.34. The number of nitrogens with one attached hydrogen (secondary N) is 2. The van der Waals surface area contributed by atoms with E-state index in [4.69, 9.17) is 0 Å². The molecule has 1 aromatic carbocycles. The first-order valence-electron chi connectivity index (χ1n) is 9.70. The Balaban J connectivity index is 1.51. The first-order valence-corrected chi connectivity index (χ1v) is 9.70. The van der Waals surface area contributed by atoms with Crippen molar-refractivity contribution in [2.24, 2.45) is 5.92 Å². The van der Waals surface area contributed by atoms with Crippen LogP contribution in [-0.4, -0.2) is 41.8 Å². The molecule has 2 fully saturated rings. The van der Waals surface area contributed by atoms with E-state index in [1.54, 1.807) is 0 Å². The number of nitrogens with zero attached hydrogens (tertiary/aromatic N) is 1. The van der Waals surface area contributed by atoms with E-state index < -0.39 is 0 Å². The number of aliphatic hydroxyl groups excluding tert-OH is 1. The van der Waals surface area contributed by atoms with Gasteiger partial charge < -0.3 is 15.7 Å². The van der Waals surface area contributed by atoms with Crippen LogP contribution in [-0.2, 0) is 13.1 Å². The van der Waals surface area contributed by atoms with E-state index in [0.717, 1.165) is 32.2 Å². The molecule has 0 bridgehead atoms. The monoisotopic (exact) mass is 345 g/mol. The summed E-state index contributed by atoms with van der Waals surface area (Å²) in [6.45, 7) is 4.02. The van der Waals surface area contributed by atoms with Crippen LogP contribution in [0.15, 0.2) is 24.3 Å². The summed E-state index contributed by atoms with van der Waals surface area (Å²) in [5.41, 5.74) is 2.49. The molecule has 1 saturated carbocycles. The Labute approximate surface area is 150 Å². The fraction of sp³-hybridized carbons (Fsp3) is 0.650. The summed E-state index contributed by atoms with van der Waals surface area (Å²) in [7, 11) is 0. The molecule has 138 valence electrons. The van der Waals surface area contributed by atoms with Gasteiger partial charge in [-0.25, -0.2) is 4.79 Å². The van der Waals surface area contributed by atoms with Crippen LogP contribution in [0.5, 0.6) is 0 Å². The minimum atomic E-state index is -0.124. The smallest absolute Gasteiger partial charge is 0.315 e. The Morgan fingerprint density at radius 2 is 1.80 bits per heavy atom. The average Bonchev–Trinajstić information content (AvgIpc) is 3.14. The molecule has 0 unspecified atom stereocenters. The van der Waals surface area contributed by atoms with E-state index in [1.807, 2.05) is 6.07 Å². The molecule has 1 saturated heterocycles. The van der Waals surface area contributed by atoms with Gasteiger partial charge in [0.25, 0.3) is 0 Å². The highest BCUT2D eigenvalue weighted by Crippen LogP contribution is 2.24. The maximum atomic E-state index is 12.3. The van der Waals surface area contributed by atoms with Gasteiger partial charge in [0.2, 0.25) is 0 Å². The predicted octanol–water partition coefficient (Wildman–Crippen LogP) is 2.63. The lowest BCUT2D eigenvalue weighted by atomic mass is 9.85. The summed E-state index contributed by atoms with van der Waals surface area (Å²) in [5.74, 6) is 0.196. The van der Waals surface area contributed by atoms with Gasteiger partial charge in [-0.2, -0.15) is 0 Å². The largest absolute Gasteiger partial charge is 0.396 e. The maximum absolute atomic E-state index is 12.3. The van der Waals surface area contributed by atoms with Gasteiger partial charge in [0.05, 0.1) is 0 Å². The van der Waals surface area contributed by atoms with E-state index >= 15 is 0 Å². The third-order valence-electron chi connectivity index (χ3n) is 5.61. The number of urea groups is 1. The minimum Gasteiger partial charge on any atom is -0.396 e. The second-order valence-corrected chi connectivity index (χ2v) is 7.41. The summed E-state index contributed by atoms with van der Waals surface area (Å²) >= 11 is 0. The normalized spacial score (nSPS) is 24.2. The Morgan fingerprint density at radius 1 is 1.08 bits per heavy atom. The SMILES string of the molecule is O=C(NCc1ccccc1CN1CCCC1)N[C@@H]1CCCC[C@H]1CO. The molecule has 1 aliphatic heterocycles. The number of hydrogen-bond acceptors (Lipinski definition) is 3. The highest BCUT2D eigenvalue weighted by atomic mass is 16.3. The molecule has 2 aliphatic rings. The zero-order valence-electron chi connectivity index (χ0n) is 15.0. The molecule has 0 aromatic heterocycles. The van der Waals surface area contributed by atoms with Crippen molar-refractivity contribution in [1.29, 1.82) is 0 Å². The van der Waals surface area contributed by atoms with E-state index in [9.17, 15) is 9.90 Å². The van der Waals surface area contributed by atoms with Crippen LogP contribution in [0.3, 0.4) is 0 Å². The van der Waals surface area contributed by atoms with Gasteiger partial charge in [-0.05, 0) is 49.9 Å². The van der Waals surface area contributed by atoms with E-state index in [2.05, 4.69) is 33.7 Å². The van der Waals surface area contributed by atoms with Crippen LogP contribution >= 0.6 is 0 Å². The van der Waals surface area contributed by atoms with Gasteiger partial charge >= 0.3 is 6.03 Å². The molecule has 0 spiro atoms. The van der Waals surface area contributed by atoms with Crippen LogP contribution in [0, 0.1) is 5.92 Å². The van der Waals surface area contributed by atoms with Crippen molar-refractivity contribution in [2.45, 2.75) is 57.7 Å². The molecular formula is C20H31N3O2. The number of amides is 2. The number of rotatable bonds is 6. The van der Waals surface area contributed by atoms with Crippen molar-refractivity contribution in [3.05, 3.63) is 35.4 Å². The summed E-state index contributed by atoms with van der Waals surface area (Å²) < 4.78 is 0. The van der Waals surface area contributed by atoms with Crippen LogP contribution in [0.25, 0.3) is 0 Å². The van der Waals surface area contributed by atoms with Gasteiger partial charge in [0, 0.05) is 31.7 Å². The molecule has 1 heterocycles. The van der Waals surface area contributed by atoms with Crippen LogP contribution in [0.4, 0.5) is 4.79 Å². The van der Waals surface area contributed by atoms with Crippen LogP contribution in [0.2, 0.25) is 0 Å². The number of benzene rings is 1. The first-order chi connectivity index (χ1) is 12.3. The molecule has 0 radical (unpaired) electrons. The fourth-order valence-corrected chi connectivity index (χ4v) is 4.08. The average molecular weight is 345 g/mol. The van der Waals surface area contributed by atoms with Crippen LogP contribution < -0.4 is 10.6 Å². The van der Waals surface area contributed by atoms with Gasteiger partial charge in [0.15, 0.2) is 0 Å². The Kier molecular flexibility index (Phi) is 6.70. The van der Waals surface area contributed by atoms with Gasteiger partial charge in [-0.1, -0.05) is 37.1 Å². The molecule has 3 N–H and O–H groups in total. The number of carbonyl (C=O) groups is 1. The number of hydrogen-bond donors (Lipinski definition) is 3. The van der Waals surface area contributed by atoms with Crippen molar-refractivity contribution < 1.29 is 9.90 Å². The van der Waals surface area contributed by atoms with Crippen molar-refractivity contribution in [1.82, 2.24) is 15.5 Å². The Hall–Kier alpha value is -1.59. The maximum Gasteiger partial charge on any atom is 0.315 e. The molecule has 5 heteroatoms. The molecule has 5 nitrogen and oxygen atoms in total. The highest BCUT2D eigenvalue weighted by Gasteiger charge is 2.25. The van der Waals surface area contributed by atoms with E-state index in [0.29, 0.717) is 6.54 Å². The lowest BCUT2D eigenvalue weighted by molar-refractivity contribution is 0.153. The Bertz CT molecular complexity index is 558. The second kappa shape index (κ2) is 9.20. The van der Waals surface area contributed by atoms with Gasteiger partial charge in [-0.15, -0.1) is 0 Å². The third kappa shape index (κ3) is 5.19. The lowest BCUT2D eigenvalue weighted by Crippen LogP contribution is -2.47. The van der Waals surface area contributed by atoms with E-state index in [1.165, 1.54) is 37.1 Å². The number of carbonyl (C=O) groups excluding carboxylic acids is 1. The number of aliphatic hydroxyl groups is 1. The molecule has 2 amide bonds. The minimum absolute atomic E-state index is 0.0959. The zero-order valence-corrected chi connectivity index (χ0v) is 15.0. The Morgan fingerprint density at radius 3 is 2.56 bits per heavy atom. The summed E-state index contributed by atoms with van der Waals surface area (Å²) in [5, 5.41) is 15.5. The van der Waals surface area contributed by atoms with Crippen LogP contribution in [0.1, 0.15) is 49.7 Å². The molecule has 3 rings (SSSR count). The summed E-state index contributed by atoms with van der Waals surface area (Å²) in [4.78, 5) is 14.8. The first kappa shape index (κ1) is 18.2. The van der Waals surface area contributed by atoms with E-state index in [-0.39, 0.29) is 24.6 Å². The van der Waals surface area contributed by atoms with Gasteiger partial charge in [0.1, 0.15) is 0 Å².